The SMILES string of the molecule is Cc1cn2cnc(C)c2c(CC#N)n1. The number of aromatic nitrogens is 3. The Bertz CT molecular complexity index is 519. The summed E-state index contributed by atoms with van der Waals surface area (Å²) in [6.45, 7) is 3.84. The highest BCUT2D eigenvalue weighted by atomic mass is 15.0. The average molecular weight is 186 g/mol. The van der Waals surface area contributed by atoms with Gasteiger partial charge in [-0.2, -0.15) is 5.26 Å². The standard InChI is InChI=1S/C10H10N4/c1-7-5-14-6-12-8(2)10(14)9(13-7)3-4-11/h5-6H,3H2,1-2H3. The number of nitriles is 1. The summed E-state index contributed by atoms with van der Waals surface area (Å²) >= 11 is 0. The van der Waals surface area contributed by atoms with Crippen molar-refractivity contribution in [2.75, 3.05) is 0 Å². The van der Waals surface area contributed by atoms with E-state index in [0.717, 1.165) is 22.6 Å². The molecule has 0 saturated heterocycles. The van der Waals surface area contributed by atoms with E-state index in [1.165, 1.54) is 0 Å². The Labute approximate surface area is 81.8 Å². The molecule has 0 radical (unpaired) electrons. The molecule has 0 aliphatic rings. The number of fused-ring (bicyclic) bond motifs is 1. The molecule has 0 atom stereocenters. The summed E-state index contributed by atoms with van der Waals surface area (Å²) in [5.41, 5.74) is 3.59. The van der Waals surface area contributed by atoms with Gasteiger partial charge in [0.2, 0.25) is 0 Å². The minimum atomic E-state index is 0.331. The molecule has 14 heavy (non-hydrogen) atoms. The van der Waals surface area contributed by atoms with E-state index in [2.05, 4.69) is 16.0 Å². The molecular weight excluding hydrogens is 176 g/mol. The van der Waals surface area contributed by atoms with Crippen molar-refractivity contribution >= 4 is 5.52 Å². The number of hydrogen-bond acceptors (Lipinski definition) is 3. The lowest BCUT2D eigenvalue weighted by molar-refractivity contribution is 1.00. The maximum atomic E-state index is 8.68. The van der Waals surface area contributed by atoms with Crippen molar-refractivity contribution in [3.63, 3.8) is 0 Å². The molecule has 0 spiro atoms. The highest BCUT2D eigenvalue weighted by Gasteiger charge is 2.07. The van der Waals surface area contributed by atoms with Crippen LogP contribution in [-0.2, 0) is 6.42 Å². The number of hydrogen-bond donors (Lipinski definition) is 0. The second kappa shape index (κ2) is 3.11. The van der Waals surface area contributed by atoms with Gasteiger partial charge in [-0.15, -0.1) is 0 Å². The summed E-state index contributed by atoms with van der Waals surface area (Å²) in [6.07, 6.45) is 3.99. The summed E-state index contributed by atoms with van der Waals surface area (Å²) in [4.78, 5) is 8.53. The van der Waals surface area contributed by atoms with Crippen molar-refractivity contribution in [3.05, 3.63) is 29.6 Å². The first-order chi connectivity index (χ1) is 6.72. The first kappa shape index (κ1) is 8.70. The van der Waals surface area contributed by atoms with Crippen LogP contribution in [0.5, 0.6) is 0 Å². The molecule has 2 aromatic heterocycles. The lowest BCUT2D eigenvalue weighted by Gasteiger charge is -2.02. The number of nitrogens with zero attached hydrogens (tertiary/aromatic N) is 4. The first-order valence-electron chi connectivity index (χ1n) is 4.39. The van der Waals surface area contributed by atoms with Crippen LogP contribution in [0.25, 0.3) is 5.52 Å². The minimum Gasteiger partial charge on any atom is -0.303 e. The van der Waals surface area contributed by atoms with Crippen LogP contribution in [0.4, 0.5) is 0 Å². The minimum absolute atomic E-state index is 0.331. The Kier molecular flexibility index (Phi) is 1.93. The van der Waals surface area contributed by atoms with Gasteiger partial charge < -0.3 is 4.40 Å². The highest BCUT2D eigenvalue weighted by Crippen LogP contribution is 2.13. The molecule has 4 nitrogen and oxygen atoms in total. The Hall–Kier alpha value is -1.89. The van der Waals surface area contributed by atoms with E-state index in [0.29, 0.717) is 6.42 Å². The molecular formula is C10H10N4. The predicted octanol–water partition coefficient (Wildman–Crippen LogP) is 1.41. The topological polar surface area (TPSA) is 54.0 Å². The molecule has 0 unspecified atom stereocenters. The van der Waals surface area contributed by atoms with Crippen LogP contribution in [0, 0.1) is 25.2 Å². The Morgan fingerprint density at radius 1 is 1.50 bits per heavy atom. The molecule has 70 valence electrons. The fraction of sp³-hybridized carbons (Fsp3) is 0.300. The molecule has 0 bridgehead atoms. The van der Waals surface area contributed by atoms with Crippen LogP contribution < -0.4 is 0 Å². The maximum absolute atomic E-state index is 8.68. The van der Waals surface area contributed by atoms with Crippen molar-refractivity contribution < 1.29 is 0 Å². The molecule has 0 saturated carbocycles. The van der Waals surface area contributed by atoms with E-state index in [9.17, 15) is 0 Å². The Morgan fingerprint density at radius 2 is 2.29 bits per heavy atom. The second-order valence-electron chi connectivity index (χ2n) is 3.25. The number of imidazole rings is 1. The molecule has 2 aromatic rings. The molecule has 0 N–H and O–H groups in total. The third kappa shape index (κ3) is 1.23. The zero-order valence-electron chi connectivity index (χ0n) is 8.15. The van der Waals surface area contributed by atoms with E-state index in [1.807, 2.05) is 24.4 Å². The molecule has 0 aromatic carbocycles. The summed E-state index contributed by atoms with van der Waals surface area (Å²) < 4.78 is 1.92. The smallest absolute Gasteiger partial charge is 0.0996 e. The normalized spacial score (nSPS) is 10.4. The van der Waals surface area contributed by atoms with Gasteiger partial charge in [-0.25, -0.2) is 4.98 Å². The molecule has 2 heterocycles. The van der Waals surface area contributed by atoms with Gasteiger partial charge in [-0.3, -0.25) is 4.98 Å². The highest BCUT2D eigenvalue weighted by molar-refractivity contribution is 5.56. The second-order valence-corrected chi connectivity index (χ2v) is 3.25. The van der Waals surface area contributed by atoms with E-state index in [4.69, 9.17) is 5.26 Å². The summed E-state index contributed by atoms with van der Waals surface area (Å²) in [5.74, 6) is 0. The van der Waals surface area contributed by atoms with Crippen molar-refractivity contribution in [2.45, 2.75) is 20.3 Å². The van der Waals surface area contributed by atoms with Crippen molar-refractivity contribution in [3.8, 4) is 6.07 Å². The lowest BCUT2D eigenvalue weighted by Crippen LogP contribution is -1.97. The van der Waals surface area contributed by atoms with E-state index < -0.39 is 0 Å². The van der Waals surface area contributed by atoms with Crippen LogP contribution >= 0.6 is 0 Å². The predicted molar refractivity (Wildman–Crippen MR) is 51.8 cm³/mol. The third-order valence-corrected chi connectivity index (χ3v) is 2.13. The summed E-state index contributed by atoms with van der Waals surface area (Å²) in [6, 6.07) is 2.12. The van der Waals surface area contributed by atoms with Crippen LogP contribution in [0.3, 0.4) is 0 Å². The van der Waals surface area contributed by atoms with Crippen molar-refractivity contribution in [2.24, 2.45) is 0 Å². The fourth-order valence-corrected chi connectivity index (χ4v) is 1.60. The largest absolute Gasteiger partial charge is 0.303 e. The van der Waals surface area contributed by atoms with Gasteiger partial charge in [0.05, 0.1) is 41.4 Å². The third-order valence-electron chi connectivity index (χ3n) is 2.13. The van der Waals surface area contributed by atoms with Gasteiger partial charge in [0, 0.05) is 6.20 Å². The van der Waals surface area contributed by atoms with Crippen LogP contribution in [-0.4, -0.2) is 14.4 Å². The van der Waals surface area contributed by atoms with Gasteiger partial charge in [-0.05, 0) is 13.8 Å². The van der Waals surface area contributed by atoms with Gasteiger partial charge in [0.15, 0.2) is 0 Å². The molecule has 0 aliphatic heterocycles. The Balaban J connectivity index is 2.78. The van der Waals surface area contributed by atoms with E-state index in [1.54, 1.807) is 6.33 Å². The summed E-state index contributed by atoms with van der Waals surface area (Å²) in [5, 5.41) is 8.68. The van der Waals surface area contributed by atoms with Gasteiger partial charge >= 0.3 is 0 Å². The van der Waals surface area contributed by atoms with Gasteiger partial charge in [-0.1, -0.05) is 0 Å². The molecule has 0 aliphatic carbocycles. The quantitative estimate of drug-likeness (QED) is 0.676. The number of rotatable bonds is 1. The van der Waals surface area contributed by atoms with E-state index >= 15 is 0 Å². The maximum Gasteiger partial charge on any atom is 0.0996 e. The molecule has 0 fully saturated rings. The summed E-state index contributed by atoms with van der Waals surface area (Å²) in [7, 11) is 0. The van der Waals surface area contributed by atoms with E-state index in [-0.39, 0.29) is 0 Å². The van der Waals surface area contributed by atoms with Gasteiger partial charge in [0.25, 0.3) is 0 Å². The van der Waals surface area contributed by atoms with Crippen molar-refractivity contribution in [1.29, 1.82) is 5.26 Å². The van der Waals surface area contributed by atoms with Crippen molar-refractivity contribution in [1.82, 2.24) is 14.4 Å². The van der Waals surface area contributed by atoms with Crippen LogP contribution in [0.1, 0.15) is 17.1 Å². The van der Waals surface area contributed by atoms with Gasteiger partial charge in [0.1, 0.15) is 0 Å². The zero-order chi connectivity index (χ0) is 10.1. The number of aryl methyl sites for hydroxylation is 2. The zero-order valence-corrected chi connectivity index (χ0v) is 8.15. The Morgan fingerprint density at radius 3 is 3.00 bits per heavy atom. The van der Waals surface area contributed by atoms with Crippen LogP contribution in [0.2, 0.25) is 0 Å². The lowest BCUT2D eigenvalue weighted by atomic mass is 10.2. The molecule has 2 rings (SSSR count). The monoisotopic (exact) mass is 186 g/mol. The first-order valence-corrected chi connectivity index (χ1v) is 4.39. The van der Waals surface area contributed by atoms with Crippen LogP contribution in [0.15, 0.2) is 12.5 Å². The molecule has 0 amide bonds. The fourth-order valence-electron chi connectivity index (χ4n) is 1.60. The molecule has 4 heteroatoms. The average Bonchev–Trinajstić information content (AvgIpc) is 2.48.